The predicted octanol–water partition coefficient (Wildman–Crippen LogP) is 5.84. The highest BCUT2D eigenvalue weighted by molar-refractivity contribution is 6.32. The summed E-state index contributed by atoms with van der Waals surface area (Å²) in [6.07, 6.45) is 0. The maximum atomic E-state index is 13.4. The van der Waals surface area contributed by atoms with Gasteiger partial charge in [-0.25, -0.2) is 4.98 Å². The SMILES string of the molecule is COc1ccc(OC)c(NC(=O)c2nc(-c3ccccc3)oc2-c2ccc(NC(=O)C(C)Cl)cc2)c1. The molecule has 0 saturated carbocycles. The molecule has 2 amide bonds. The number of hydrogen-bond acceptors (Lipinski definition) is 6. The Hall–Kier alpha value is -4.30. The molecule has 0 fully saturated rings. The molecule has 0 spiro atoms. The van der Waals surface area contributed by atoms with E-state index in [0.29, 0.717) is 34.3 Å². The van der Waals surface area contributed by atoms with Crippen LogP contribution in [-0.4, -0.2) is 36.4 Å². The number of rotatable bonds is 8. The molecule has 8 nitrogen and oxygen atoms in total. The summed E-state index contributed by atoms with van der Waals surface area (Å²) in [5.74, 6) is 0.781. The van der Waals surface area contributed by atoms with Gasteiger partial charge in [-0.15, -0.1) is 11.6 Å². The molecule has 1 heterocycles. The highest BCUT2D eigenvalue weighted by atomic mass is 35.5. The van der Waals surface area contributed by atoms with Crippen LogP contribution in [0.3, 0.4) is 0 Å². The molecule has 4 rings (SSSR count). The van der Waals surface area contributed by atoms with Crippen LogP contribution < -0.4 is 20.1 Å². The number of alkyl halides is 1. The molecule has 0 saturated heterocycles. The van der Waals surface area contributed by atoms with Crippen molar-refractivity contribution in [1.29, 1.82) is 0 Å². The minimum Gasteiger partial charge on any atom is -0.497 e. The van der Waals surface area contributed by atoms with Gasteiger partial charge in [-0.1, -0.05) is 18.2 Å². The van der Waals surface area contributed by atoms with Gasteiger partial charge in [0.25, 0.3) is 5.91 Å². The third-order valence-electron chi connectivity index (χ3n) is 5.29. The average molecular weight is 506 g/mol. The maximum Gasteiger partial charge on any atom is 0.278 e. The fourth-order valence-electron chi connectivity index (χ4n) is 3.41. The molecule has 184 valence electrons. The summed E-state index contributed by atoms with van der Waals surface area (Å²) in [6, 6.07) is 21.2. The number of oxazole rings is 1. The van der Waals surface area contributed by atoms with E-state index in [2.05, 4.69) is 15.6 Å². The fourth-order valence-corrected chi connectivity index (χ4v) is 3.47. The van der Waals surface area contributed by atoms with Crippen molar-refractivity contribution >= 4 is 34.8 Å². The number of nitrogens with one attached hydrogen (secondary N) is 2. The summed E-state index contributed by atoms with van der Waals surface area (Å²) < 4.78 is 16.7. The van der Waals surface area contributed by atoms with Crippen molar-refractivity contribution in [3.8, 4) is 34.3 Å². The summed E-state index contributed by atoms with van der Waals surface area (Å²) in [5.41, 5.74) is 2.39. The summed E-state index contributed by atoms with van der Waals surface area (Å²) in [5, 5.41) is 4.89. The van der Waals surface area contributed by atoms with Gasteiger partial charge in [0.2, 0.25) is 11.8 Å². The Kier molecular flexibility index (Phi) is 7.56. The molecule has 0 aliphatic heterocycles. The lowest BCUT2D eigenvalue weighted by Gasteiger charge is -2.11. The summed E-state index contributed by atoms with van der Waals surface area (Å²) in [7, 11) is 3.05. The topological polar surface area (TPSA) is 103 Å². The molecule has 2 N–H and O–H groups in total. The third-order valence-corrected chi connectivity index (χ3v) is 5.49. The first-order valence-electron chi connectivity index (χ1n) is 11.0. The highest BCUT2D eigenvalue weighted by Crippen LogP contribution is 2.33. The molecule has 1 aromatic heterocycles. The number of nitrogens with zero attached hydrogens (tertiary/aromatic N) is 1. The van der Waals surface area contributed by atoms with Crippen molar-refractivity contribution in [2.45, 2.75) is 12.3 Å². The normalized spacial score (nSPS) is 11.4. The number of anilines is 2. The number of amides is 2. The van der Waals surface area contributed by atoms with Gasteiger partial charge in [0.05, 0.1) is 19.9 Å². The molecule has 1 unspecified atom stereocenters. The van der Waals surface area contributed by atoms with E-state index < -0.39 is 11.3 Å². The largest absolute Gasteiger partial charge is 0.497 e. The molecule has 3 aromatic carbocycles. The number of methoxy groups -OCH3 is 2. The maximum absolute atomic E-state index is 13.4. The fraction of sp³-hybridized carbons (Fsp3) is 0.148. The number of benzene rings is 3. The zero-order valence-corrected chi connectivity index (χ0v) is 20.6. The number of halogens is 1. The van der Waals surface area contributed by atoms with Crippen LogP contribution in [0, 0.1) is 0 Å². The van der Waals surface area contributed by atoms with Gasteiger partial charge >= 0.3 is 0 Å². The van der Waals surface area contributed by atoms with Crippen LogP contribution in [0.15, 0.2) is 77.2 Å². The minimum atomic E-state index is -0.670. The van der Waals surface area contributed by atoms with E-state index in [4.69, 9.17) is 25.5 Å². The summed E-state index contributed by atoms with van der Waals surface area (Å²) >= 11 is 5.83. The van der Waals surface area contributed by atoms with E-state index in [9.17, 15) is 9.59 Å². The third kappa shape index (κ3) is 5.50. The number of hydrogen-bond donors (Lipinski definition) is 2. The molecule has 0 aliphatic rings. The van der Waals surface area contributed by atoms with Crippen LogP contribution in [-0.2, 0) is 4.79 Å². The van der Waals surface area contributed by atoms with Crippen molar-refractivity contribution in [1.82, 2.24) is 4.98 Å². The quantitative estimate of drug-likeness (QED) is 0.291. The van der Waals surface area contributed by atoms with Gasteiger partial charge in [-0.05, 0) is 55.5 Å². The van der Waals surface area contributed by atoms with Gasteiger partial charge < -0.3 is 24.5 Å². The van der Waals surface area contributed by atoms with Gasteiger partial charge in [0.15, 0.2) is 11.5 Å². The molecule has 0 aliphatic carbocycles. The van der Waals surface area contributed by atoms with E-state index in [1.165, 1.54) is 14.2 Å². The summed E-state index contributed by atoms with van der Waals surface area (Å²) in [6.45, 7) is 1.59. The predicted molar refractivity (Wildman–Crippen MR) is 139 cm³/mol. The monoisotopic (exact) mass is 505 g/mol. The molecule has 0 radical (unpaired) electrons. The molecular formula is C27H24ClN3O5. The molecule has 4 aromatic rings. The van der Waals surface area contributed by atoms with Crippen molar-refractivity contribution in [3.05, 3.63) is 78.5 Å². The number of carbonyl (C=O) groups excluding carboxylic acids is 2. The zero-order chi connectivity index (χ0) is 25.7. The Balaban J connectivity index is 1.71. The lowest BCUT2D eigenvalue weighted by molar-refractivity contribution is -0.115. The van der Waals surface area contributed by atoms with Gasteiger partial charge in [0.1, 0.15) is 16.9 Å². The van der Waals surface area contributed by atoms with Crippen LogP contribution in [0.1, 0.15) is 17.4 Å². The number of ether oxygens (including phenoxy) is 2. The molecule has 9 heteroatoms. The Bertz CT molecular complexity index is 1370. The molecule has 1 atom stereocenters. The summed E-state index contributed by atoms with van der Waals surface area (Å²) in [4.78, 5) is 29.8. The molecular weight excluding hydrogens is 482 g/mol. The van der Waals surface area contributed by atoms with E-state index >= 15 is 0 Å². The Morgan fingerprint density at radius 2 is 1.64 bits per heavy atom. The van der Waals surface area contributed by atoms with Crippen molar-refractivity contribution in [2.24, 2.45) is 0 Å². The standard InChI is InChI=1S/C27H24ClN3O5/c1-16(28)25(32)29-19-11-9-17(10-12-19)24-23(31-27(36-24)18-7-5-4-6-8-18)26(33)30-21-15-20(34-2)13-14-22(21)35-3/h4-16H,1-3H3,(H,29,32)(H,30,33). The molecule has 0 bridgehead atoms. The first-order chi connectivity index (χ1) is 17.4. The lowest BCUT2D eigenvalue weighted by Crippen LogP contribution is -2.20. The lowest BCUT2D eigenvalue weighted by atomic mass is 10.1. The Morgan fingerprint density at radius 1 is 0.917 bits per heavy atom. The second kappa shape index (κ2) is 11.0. The highest BCUT2D eigenvalue weighted by Gasteiger charge is 2.24. The van der Waals surface area contributed by atoms with E-state index in [-0.39, 0.29) is 17.4 Å². The van der Waals surface area contributed by atoms with Crippen molar-refractivity contribution in [2.75, 3.05) is 24.9 Å². The average Bonchev–Trinajstić information content (AvgIpc) is 3.35. The zero-order valence-electron chi connectivity index (χ0n) is 19.9. The van der Waals surface area contributed by atoms with E-state index in [1.807, 2.05) is 30.3 Å². The van der Waals surface area contributed by atoms with Crippen LogP contribution in [0.2, 0.25) is 0 Å². The van der Waals surface area contributed by atoms with Crippen LogP contribution in [0.5, 0.6) is 11.5 Å². The van der Waals surface area contributed by atoms with Gasteiger partial charge in [-0.3, -0.25) is 9.59 Å². The van der Waals surface area contributed by atoms with E-state index in [1.54, 1.807) is 49.4 Å². The first kappa shape index (κ1) is 24.8. The first-order valence-corrected chi connectivity index (χ1v) is 11.5. The number of carbonyl (C=O) groups is 2. The minimum absolute atomic E-state index is 0.0879. The van der Waals surface area contributed by atoms with Gasteiger partial charge in [-0.2, -0.15) is 0 Å². The Labute approximate surface area is 213 Å². The Morgan fingerprint density at radius 3 is 2.28 bits per heavy atom. The van der Waals surface area contributed by atoms with Gasteiger partial charge in [0, 0.05) is 22.9 Å². The second-order valence-electron chi connectivity index (χ2n) is 7.77. The second-order valence-corrected chi connectivity index (χ2v) is 8.42. The van der Waals surface area contributed by atoms with Crippen LogP contribution in [0.25, 0.3) is 22.8 Å². The van der Waals surface area contributed by atoms with Crippen molar-refractivity contribution < 1.29 is 23.5 Å². The van der Waals surface area contributed by atoms with Crippen molar-refractivity contribution in [3.63, 3.8) is 0 Å². The molecule has 36 heavy (non-hydrogen) atoms. The van der Waals surface area contributed by atoms with Crippen LogP contribution >= 0.6 is 11.6 Å². The number of aromatic nitrogens is 1. The smallest absolute Gasteiger partial charge is 0.278 e. The van der Waals surface area contributed by atoms with E-state index in [0.717, 1.165) is 5.56 Å². The van der Waals surface area contributed by atoms with Crippen LogP contribution in [0.4, 0.5) is 11.4 Å².